The first-order valence-electron chi connectivity index (χ1n) is 7.32. The van der Waals surface area contributed by atoms with Crippen molar-refractivity contribution < 1.29 is 4.79 Å². The van der Waals surface area contributed by atoms with E-state index in [-0.39, 0.29) is 0 Å². The third-order valence-electron chi connectivity index (χ3n) is 3.82. The zero-order valence-corrected chi connectivity index (χ0v) is 12.3. The third-order valence-corrected chi connectivity index (χ3v) is 3.82. The minimum atomic E-state index is -0.475. The average molecular weight is 276 g/mol. The summed E-state index contributed by atoms with van der Waals surface area (Å²) in [5, 5.41) is 3.39. The molecule has 20 heavy (non-hydrogen) atoms. The van der Waals surface area contributed by atoms with Gasteiger partial charge < -0.3 is 16.0 Å². The highest BCUT2D eigenvalue weighted by Gasteiger charge is 2.20. The Kier molecular flexibility index (Phi) is 4.95. The van der Waals surface area contributed by atoms with Crippen LogP contribution in [-0.4, -0.2) is 36.6 Å². The Bertz CT molecular complexity index is 455. The Morgan fingerprint density at radius 3 is 2.75 bits per heavy atom. The zero-order chi connectivity index (χ0) is 14.5. The topological polar surface area (TPSA) is 71.2 Å². The van der Waals surface area contributed by atoms with E-state index in [1.807, 2.05) is 12.1 Å². The minimum Gasteiger partial charge on any atom is -0.364 e. The van der Waals surface area contributed by atoms with Crippen molar-refractivity contribution in [3.63, 3.8) is 0 Å². The van der Waals surface area contributed by atoms with Gasteiger partial charge in [0.05, 0.1) is 0 Å². The highest BCUT2D eigenvalue weighted by atomic mass is 16.1. The lowest BCUT2D eigenvalue weighted by atomic mass is 9.97. The molecule has 0 aliphatic carbocycles. The van der Waals surface area contributed by atoms with Crippen LogP contribution < -0.4 is 16.0 Å². The fourth-order valence-electron chi connectivity index (χ4n) is 2.63. The number of amides is 1. The number of primary amides is 1. The highest BCUT2D eigenvalue weighted by Crippen LogP contribution is 2.20. The van der Waals surface area contributed by atoms with Crippen LogP contribution in [0.25, 0.3) is 0 Å². The van der Waals surface area contributed by atoms with E-state index in [1.54, 1.807) is 6.07 Å². The SMILES string of the molecule is CC(C)N(CC1CCNCC1)c1cccc(C(N)=O)n1. The molecule has 1 aromatic heterocycles. The van der Waals surface area contributed by atoms with Crippen molar-refractivity contribution >= 4 is 11.7 Å². The largest absolute Gasteiger partial charge is 0.364 e. The molecule has 0 saturated carbocycles. The third kappa shape index (κ3) is 3.70. The Morgan fingerprint density at radius 1 is 1.45 bits per heavy atom. The molecule has 1 amide bonds. The molecule has 1 fully saturated rings. The Labute approximate surface area is 120 Å². The van der Waals surface area contributed by atoms with Crippen molar-refractivity contribution in [2.75, 3.05) is 24.5 Å². The molecule has 2 heterocycles. The van der Waals surface area contributed by atoms with Crippen LogP contribution in [0.2, 0.25) is 0 Å². The number of nitrogens with zero attached hydrogens (tertiary/aromatic N) is 2. The van der Waals surface area contributed by atoms with E-state index in [9.17, 15) is 4.79 Å². The number of nitrogens with two attached hydrogens (primary N) is 1. The standard InChI is InChI=1S/C15H24N4O/c1-11(2)19(10-12-6-8-17-9-7-12)14-5-3-4-13(18-14)15(16)20/h3-5,11-12,17H,6-10H2,1-2H3,(H2,16,20). The maximum absolute atomic E-state index is 11.3. The fraction of sp³-hybridized carbons (Fsp3) is 0.600. The van der Waals surface area contributed by atoms with Gasteiger partial charge in [0.2, 0.25) is 0 Å². The van der Waals surface area contributed by atoms with Gasteiger partial charge in [-0.25, -0.2) is 4.98 Å². The number of hydrogen-bond donors (Lipinski definition) is 2. The van der Waals surface area contributed by atoms with Gasteiger partial charge >= 0.3 is 0 Å². The van der Waals surface area contributed by atoms with Crippen molar-refractivity contribution in [3.05, 3.63) is 23.9 Å². The molecule has 0 unspecified atom stereocenters. The van der Waals surface area contributed by atoms with Gasteiger partial charge in [0.1, 0.15) is 11.5 Å². The van der Waals surface area contributed by atoms with Crippen LogP contribution in [0.3, 0.4) is 0 Å². The molecule has 0 aromatic carbocycles. The number of piperidine rings is 1. The van der Waals surface area contributed by atoms with Crippen LogP contribution in [0.4, 0.5) is 5.82 Å². The number of rotatable bonds is 5. The van der Waals surface area contributed by atoms with E-state index in [0.29, 0.717) is 17.7 Å². The highest BCUT2D eigenvalue weighted by molar-refractivity contribution is 5.91. The average Bonchev–Trinajstić information content (AvgIpc) is 2.45. The number of nitrogens with one attached hydrogen (secondary N) is 1. The molecular formula is C15H24N4O. The van der Waals surface area contributed by atoms with Gasteiger partial charge in [-0.2, -0.15) is 0 Å². The molecule has 1 aliphatic rings. The number of aromatic nitrogens is 1. The summed E-state index contributed by atoms with van der Waals surface area (Å²) in [6.07, 6.45) is 2.39. The van der Waals surface area contributed by atoms with Gasteiger partial charge in [-0.3, -0.25) is 4.79 Å². The van der Waals surface area contributed by atoms with Crippen molar-refractivity contribution in [1.82, 2.24) is 10.3 Å². The normalized spacial score (nSPS) is 16.4. The number of hydrogen-bond acceptors (Lipinski definition) is 4. The summed E-state index contributed by atoms with van der Waals surface area (Å²) in [5.74, 6) is 1.05. The fourth-order valence-corrected chi connectivity index (χ4v) is 2.63. The molecular weight excluding hydrogens is 252 g/mol. The minimum absolute atomic E-state index is 0.332. The summed E-state index contributed by atoms with van der Waals surface area (Å²) in [7, 11) is 0. The second kappa shape index (κ2) is 6.70. The van der Waals surface area contributed by atoms with Gasteiger partial charge in [-0.05, 0) is 57.8 Å². The van der Waals surface area contributed by atoms with Crippen molar-refractivity contribution in [3.8, 4) is 0 Å². The van der Waals surface area contributed by atoms with Crippen LogP contribution in [0, 0.1) is 5.92 Å². The van der Waals surface area contributed by atoms with E-state index >= 15 is 0 Å². The van der Waals surface area contributed by atoms with E-state index in [0.717, 1.165) is 25.5 Å². The lowest BCUT2D eigenvalue weighted by Crippen LogP contribution is -2.40. The second-order valence-corrected chi connectivity index (χ2v) is 5.68. The van der Waals surface area contributed by atoms with Crippen molar-refractivity contribution in [2.45, 2.75) is 32.7 Å². The summed E-state index contributed by atoms with van der Waals surface area (Å²) >= 11 is 0. The summed E-state index contributed by atoms with van der Waals surface area (Å²) in [4.78, 5) is 17.9. The van der Waals surface area contributed by atoms with E-state index in [2.05, 4.69) is 29.0 Å². The van der Waals surface area contributed by atoms with Gasteiger partial charge in [-0.15, -0.1) is 0 Å². The Hall–Kier alpha value is -1.62. The number of carbonyl (C=O) groups is 1. The predicted molar refractivity (Wildman–Crippen MR) is 80.8 cm³/mol. The summed E-state index contributed by atoms with van der Waals surface area (Å²) < 4.78 is 0. The number of anilines is 1. The van der Waals surface area contributed by atoms with Gasteiger partial charge in [0, 0.05) is 12.6 Å². The van der Waals surface area contributed by atoms with Crippen LogP contribution in [-0.2, 0) is 0 Å². The summed E-state index contributed by atoms with van der Waals surface area (Å²) in [5.41, 5.74) is 5.65. The second-order valence-electron chi connectivity index (χ2n) is 5.68. The molecule has 0 spiro atoms. The van der Waals surface area contributed by atoms with Gasteiger partial charge in [0.15, 0.2) is 0 Å². The van der Waals surface area contributed by atoms with Crippen molar-refractivity contribution in [1.29, 1.82) is 0 Å². The first-order valence-corrected chi connectivity index (χ1v) is 7.32. The first kappa shape index (κ1) is 14.8. The van der Waals surface area contributed by atoms with Crippen LogP contribution >= 0.6 is 0 Å². The molecule has 5 heteroatoms. The quantitative estimate of drug-likeness (QED) is 0.852. The van der Waals surface area contributed by atoms with Crippen LogP contribution in [0.5, 0.6) is 0 Å². The maximum atomic E-state index is 11.3. The predicted octanol–water partition coefficient (Wildman–Crippen LogP) is 1.39. The van der Waals surface area contributed by atoms with E-state index < -0.39 is 5.91 Å². The molecule has 110 valence electrons. The van der Waals surface area contributed by atoms with Gasteiger partial charge in [0.25, 0.3) is 5.91 Å². The summed E-state index contributed by atoms with van der Waals surface area (Å²) in [6, 6.07) is 5.81. The molecule has 0 radical (unpaired) electrons. The maximum Gasteiger partial charge on any atom is 0.267 e. The number of pyridine rings is 1. The van der Waals surface area contributed by atoms with E-state index in [1.165, 1.54) is 12.8 Å². The molecule has 2 rings (SSSR count). The lowest BCUT2D eigenvalue weighted by molar-refractivity contribution is 0.0995. The Balaban J connectivity index is 2.15. The molecule has 0 atom stereocenters. The van der Waals surface area contributed by atoms with Crippen LogP contribution in [0.15, 0.2) is 18.2 Å². The molecule has 1 aliphatic heterocycles. The molecule has 1 saturated heterocycles. The molecule has 3 N–H and O–H groups in total. The number of carbonyl (C=O) groups excluding carboxylic acids is 1. The monoisotopic (exact) mass is 276 g/mol. The molecule has 1 aromatic rings. The van der Waals surface area contributed by atoms with Crippen LogP contribution in [0.1, 0.15) is 37.2 Å². The summed E-state index contributed by atoms with van der Waals surface area (Å²) in [6.45, 7) is 7.46. The van der Waals surface area contributed by atoms with Gasteiger partial charge in [-0.1, -0.05) is 6.07 Å². The molecule has 0 bridgehead atoms. The van der Waals surface area contributed by atoms with E-state index in [4.69, 9.17) is 5.73 Å². The Morgan fingerprint density at radius 2 is 2.15 bits per heavy atom. The smallest absolute Gasteiger partial charge is 0.267 e. The van der Waals surface area contributed by atoms with Crippen molar-refractivity contribution in [2.24, 2.45) is 11.7 Å². The molecule has 5 nitrogen and oxygen atoms in total. The lowest BCUT2D eigenvalue weighted by Gasteiger charge is -2.33. The first-order chi connectivity index (χ1) is 9.58. The zero-order valence-electron chi connectivity index (χ0n) is 12.3.